The second kappa shape index (κ2) is 9.13. The average Bonchev–Trinajstić information content (AvgIpc) is 3.50. The number of para-hydroxylation sites is 1. The maximum Gasteiger partial charge on any atom is 0.277 e. The molecule has 3 aromatic heterocycles. The van der Waals surface area contributed by atoms with Crippen molar-refractivity contribution in [2.75, 3.05) is 24.7 Å². The van der Waals surface area contributed by atoms with E-state index in [-0.39, 0.29) is 22.9 Å². The van der Waals surface area contributed by atoms with Gasteiger partial charge in [0.05, 0.1) is 24.7 Å². The first-order valence-electron chi connectivity index (χ1n) is 11.0. The van der Waals surface area contributed by atoms with Crippen molar-refractivity contribution in [1.82, 2.24) is 41.1 Å². The summed E-state index contributed by atoms with van der Waals surface area (Å²) in [5.74, 6) is -1.22. The number of rotatable bonds is 7. The summed E-state index contributed by atoms with van der Waals surface area (Å²) in [4.78, 5) is 25.2. The summed E-state index contributed by atoms with van der Waals surface area (Å²) in [6.07, 6.45) is 1.51. The number of anilines is 3. The highest BCUT2D eigenvalue weighted by Crippen LogP contribution is 2.37. The topological polar surface area (TPSA) is 175 Å². The Bertz CT molecular complexity index is 1400. The van der Waals surface area contributed by atoms with Crippen molar-refractivity contribution < 1.29 is 18.4 Å². The smallest absolute Gasteiger partial charge is 0.277 e. The molecule has 13 heteroatoms. The SMILES string of the molecule is [2H]C([2H])([2H])NC(=O)c1nnc(NC(=O)c2cc(C)[nH]n2)cc1Nc1cccc(-c2cn[nH]n2)c1OC. The Balaban J connectivity index is 1.72. The molecule has 0 bridgehead atoms. The zero-order valence-electron chi connectivity index (χ0n) is 20.4. The van der Waals surface area contributed by atoms with Crippen LogP contribution < -0.4 is 20.7 Å². The highest BCUT2D eigenvalue weighted by molar-refractivity contribution is 6.03. The molecule has 13 nitrogen and oxygen atoms in total. The lowest BCUT2D eigenvalue weighted by Crippen LogP contribution is -2.22. The number of ether oxygens (including phenoxy) is 1. The molecule has 0 atom stereocenters. The van der Waals surface area contributed by atoms with Crippen LogP contribution in [-0.4, -0.2) is 61.7 Å². The highest BCUT2D eigenvalue weighted by atomic mass is 16.5. The minimum atomic E-state index is -2.76. The molecule has 0 aliphatic carbocycles. The van der Waals surface area contributed by atoms with Crippen molar-refractivity contribution in [3.8, 4) is 17.0 Å². The molecule has 0 aliphatic rings. The number of carbonyl (C=O) groups is 2. The normalized spacial score (nSPS) is 12.2. The van der Waals surface area contributed by atoms with Crippen LogP contribution in [0.15, 0.2) is 36.5 Å². The Morgan fingerprint density at radius 2 is 2.00 bits per heavy atom. The van der Waals surface area contributed by atoms with Crippen molar-refractivity contribution in [2.24, 2.45) is 0 Å². The minimum Gasteiger partial charge on any atom is -0.494 e. The third-order valence-electron chi connectivity index (χ3n) is 4.48. The number of nitrogens with one attached hydrogen (secondary N) is 5. The van der Waals surface area contributed by atoms with E-state index in [0.29, 0.717) is 28.4 Å². The van der Waals surface area contributed by atoms with Crippen molar-refractivity contribution >= 4 is 29.0 Å². The number of hydrogen-bond acceptors (Lipinski definition) is 9. The third-order valence-corrected chi connectivity index (χ3v) is 4.48. The van der Waals surface area contributed by atoms with E-state index in [9.17, 15) is 9.59 Å². The molecule has 0 aliphatic heterocycles. The van der Waals surface area contributed by atoms with Crippen molar-refractivity contribution in [1.29, 1.82) is 0 Å². The Hall–Kier alpha value is -4.81. The number of H-pyrrole nitrogens is 2. The number of amides is 2. The first-order chi connectivity index (χ1) is 17.1. The Kier molecular flexibility index (Phi) is 4.93. The first kappa shape index (κ1) is 17.8. The van der Waals surface area contributed by atoms with Gasteiger partial charge in [-0.25, -0.2) is 0 Å². The standard InChI is InChI=1S/C20H20N10O3/c1-10-7-14(26-25-10)19(31)24-16-8-13(17(29-28-16)20(32)21-2)23-12-6-4-5-11(18(12)33-3)15-9-22-30-27-15/h4-9H,1-3H3,(H,21,32)(H,25,26)(H,22,27,30)(H2,23,24,28,31)/i2D3. The zero-order chi connectivity index (χ0) is 25.9. The van der Waals surface area contributed by atoms with Gasteiger partial charge in [0.1, 0.15) is 5.69 Å². The van der Waals surface area contributed by atoms with E-state index in [1.165, 1.54) is 19.4 Å². The zero-order valence-corrected chi connectivity index (χ0v) is 17.4. The number of carbonyl (C=O) groups excluding carboxylic acids is 2. The molecule has 4 aromatic rings. The summed E-state index contributed by atoms with van der Waals surface area (Å²) in [5, 5.41) is 32.1. The Morgan fingerprint density at radius 3 is 2.70 bits per heavy atom. The molecule has 0 radical (unpaired) electrons. The van der Waals surface area contributed by atoms with E-state index in [4.69, 9.17) is 8.85 Å². The largest absolute Gasteiger partial charge is 0.494 e. The summed E-state index contributed by atoms with van der Waals surface area (Å²) in [7, 11) is 1.45. The molecule has 0 spiro atoms. The third kappa shape index (κ3) is 4.46. The maximum atomic E-state index is 12.7. The molecule has 0 unspecified atom stereocenters. The van der Waals surface area contributed by atoms with Crippen molar-refractivity contribution in [3.63, 3.8) is 0 Å². The number of aromatic nitrogens is 7. The molecule has 4 rings (SSSR count). The first-order valence-corrected chi connectivity index (χ1v) is 9.48. The molecule has 0 fully saturated rings. The van der Waals surface area contributed by atoms with Crippen LogP contribution in [0, 0.1) is 6.92 Å². The van der Waals surface area contributed by atoms with E-state index in [2.05, 4.69) is 46.4 Å². The van der Waals surface area contributed by atoms with Gasteiger partial charge in [0.25, 0.3) is 11.8 Å². The summed E-state index contributed by atoms with van der Waals surface area (Å²) in [6, 6.07) is 8.02. The molecule has 3 heterocycles. The number of methoxy groups -OCH3 is 1. The van der Waals surface area contributed by atoms with Gasteiger partial charge in [0.15, 0.2) is 23.0 Å². The van der Waals surface area contributed by atoms with Gasteiger partial charge in [-0.15, -0.1) is 10.2 Å². The second-order valence-electron chi connectivity index (χ2n) is 6.70. The lowest BCUT2D eigenvalue weighted by atomic mass is 10.1. The Labute approximate surface area is 191 Å². The number of aromatic amines is 2. The minimum absolute atomic E-state index is 0.0137. The van der Waals surface area contributed by atoms with Gasteiger partial charge < -0.3 is 20.7 Å². The van der Waals surface area contributed by atoms with E-state index in [1.54, 1.807) is 31.2 Å². The molecule has 168 valence electrons. The van der Waals surface area contributed by atoms with E-state index in [1.807, 2.05) is 5.32 Å². The molecule has 1 aromatic carbocycles. The van der Waals surface area contributed by atoms with Gasteiger partial charge in [0, 0.05) is 28.4 Å². The monoisotopic (exact) mass is 451 g/mol. The summed E-state index contributed by atoms with van der Waals surface area (Å²) >= 11 is 0. The van der Waals surface area contributed by atoms with Gasteiger partial charge in [-0.1, -0.05) is 6.07 Å². The van der Waals surface area contributed by atoms with Crippen molar-refractivity contribution in [3.05, 3.63) is 53.6 Å². The Morgan fingerprint density at radius 1 is 1.12 bits per heavy atom. The average molecular weight is 451 g/mol. The van der Waals surface area contributed by atoms with Crippen LogP contribution in [0.1, 0.15) is 30.8 Å². The lowest BCUT2D eigenvalue weighted by molar-refractivity contribution is 0.0957. The summed E-state index contributed by atoms with van der Waals surface area (Å²) in [6.45, 7) is -1.02. The number of nitrogens with zero attached hydrogens (tertiary/aromatic N) is 5. The lowest BCUT2D eigenvalue weighted by Gasteiger charge is -2.16. The summed E-state index contributed by atoms with van der Waals surface area (Å²) in [5.41, 5.74) is 2.03. The number of benzene rings is 1. The van der Waals surface area contributed by atoms with Crippen LogP contribution in [0.3, 0.4) is 0 Å². The van der Waals surface area contributed by atoms with Gasteiger partial charge in [0.2, 0.25) is 0 Å². The predicted molar refractivity (Wildman–Crippen MR) is 118 cm³/mol. The highest BCUT2D eigenvalue weighted by Gasteiger charge is 2.19. The molecule has 5 N–H and O–H groups in total. The molecule has 0 saturated heterocycles. The van der Waals surface area contributed by atoms with Crippen molar-refractivity contribution in [2.45, 2.75) is 6.92 Å². The van der Waals surface area contributed by atoms with Gasteiger partial charge in [-0.3, -0.25) is 14.7 Å². The van der Waals surface area contributed by atoms with E-state index < -0.39 is 18.8 Å². The molecule has 2 amide bonds. The molecular weight excluding hydrogens is 428 g/mol. The summed E-state index contributed by atoms with van der Waals surface area (Å²) < 4.78 is 27.6. The fourth-order valence-corrected chi connectivity index (χ4v) is 3.02. The number of aryl methyl sites for hydroxylation is 1. The molecular formula is C20H20N10O3. The fourth-order valence-electron chi connectivity index (χ4n) is 3.02. The molecule has 33 heavy (non-hydrogen) atoms. The second-order valence-corrected chi connectivity index (χ2v) is 6.70. The number of hydrogen-bond donors (Lipinski definition) is 5. The fraction of sp³-hybridized carbons (Fsp3) is 0.150. The van der Waals surface area contributed by atoms with Crippen LogP contribution in [0.2, 0.25) is 0 Å². The predicted octanol–water partition coefficient (Wildman–Crippen LogP) is 1.66. The van der Waals surface area contributed by atoms with Gasteiger partial charge in [-0.05, 0) is 25.1 Å². The van der Waals surface area contributed by atoms with E-state index >= 15 is 0 Å². The van der Waals surface area contributed by atoms with Crippen LogP contribution in [0.5, 0.6) is 5.75 Å². The van der Waals surface area contributed by atoms with Gasteiger partial charge in [-0.2, -0.15) is 20.5 Å². The van der Waals surface area contributed by atoms with Crippen LogP contribution >= 0.6 is 0 Å². The maximum absolute atomic E-state index is 12.7. The van der Waals surface area contributed by atoms with Crippen LogP contribution in [0.25, 0.3) is 11.3 Å². The van der Waals surface area contributed by atoms with E-state index in [0.717, 1.165) is 0 Å². The van der Waals surface area contributed by atoms with Gasteiger partial charge >= 0.3 is 0 Å². The molecule has 0 saturated carbocycles. The van der Waals surface area contributed by atoms with Crippen LogP contribution in [0.4, 0.5) is 17.2 Å². The van der Waals surface area contributed by atoms with Crippen LogP contribution in [-0.2, 0) is 0 Å². The quantitative estimate of drug-likeness (QED) is 0.280.